The third-order valence-corrected chi connectivity index (χ3v) is 3.25. The van der Waals surface area contributed by atoms with Gasteiger partial charge in [-0.3, -0.25) is 10.1 Å². The monoisotopic (exact) mass is 264 g/mol. The molecule has 0 aliphatic heterocycles. The lowest BCUT2D eigenvalue weighted by molar-refractivity contribution is -0.380. The second kappa shape index (κ2) is 5.46. The molecule has 0 saturated carbocycles. The highest BCUT2D eigenvalue weighted by atomic mass is 32.1. The number of nitrogens with two attached hydrogens (primary N) is 1. The van der Waals surface area contributed by atoms with E-state index in [0.29, 0.717) is 11.7 Å². The number of aromatic nitrogens is 1. The Bertz CT molecular complexity index is 538. The lowest BCUT2D eigenvalue weighted by Crippen LogP contribution is -2.04. The summed E-state index contributed by atoms with van der Waals surface area (Å²) in [6, 6.07) is 7.62. The zero-order chi connectivity index (χ0) is 13.0. The van der Waals surface area contributed by atoms with Crippen LogP contribution in [0.4, 0.5) is 15.8 Å². The SMILES string of the molecule is Nc1ccc(CCNc2ncc([N+](=O)[O-])s2)cc1. The molecule has 0 saturated heterocycles. The first-order chi connectivity index (χ1) is 8.65. The first-order valence-corrected chi connectivity index (χ1v) is 6.15. The van der Waals surface area contributed by atoms with Crippen LogP contribution < -0.4 is 11.1 Å². The van der Waals surface area contributed by atoms with Crippen LogP contribution in [0.1, 0.15) is 5.56 Å². The second-order valence-electron chi connectivity index (χ2n) is 3.68. The Hall–Kier alpha value is -2.15. The molecule has 0 fully saturated rings. The molecule has 1 heterocycles. The maximum absolute atomic E-state index is 10.5. The minimum absolute atomic E-state index is 0.0463. The zero-order valence-corrected chi connectivity index (χ0v) is 10.3. The van der Waals surface area contributed by atoms with Crippen LogP contribution >= 0.6 is 11.3 Å². The Kier molecular flexibility index (Phi) is 3.73. The fourth-order valence-electron chi connectivity index (χ4n) is 1.43. The number of hydrogen-bond donors (Lipinski definition) is 2. The summed E-state index contributed by atoms with van der Waals surface area (Å²) in [6.45, 7) is 0.675. The van der Waals surface area contributed by atoms with E-state index < -0.39 is 4.92 Å². The number of thiazole rings is 1. The number of nitrogen functional groups attached to an aromatic ring is 1. The number of nitrogens with zero attached hydrogens (tertiary/aromatic N) is 2. The summed E-state index contributed by atoms with van der Waals surface area (Å²) in [4.78, 5) is 14.0. The molecule has 0 aliphatic carbocycles. The summed E-state index contributed by atoms with van der Waals surface area (Å²) in [5.41, 5.74) is 7.48. The molecular weight excluding hydrogens is 252 g/mol. The van der Waals surface area contributed by atoms with Crippen molar-refractivity contribution in [2.75, 3.05) is 17.6 Å². The van der Waals surface area contributed by atoms with Crippen molar-refractivity contribution in [1.29, 1.82) is 0 Å². The van der Waals surface area contributed by atoms with Crippen LogP contribution in [0.3, 0.4) is 0 Å². The van der Waals surface area contributed by atoms with Gasteiger partial charge in [-0.2, -0.15) is 0 Å². The van der Waals surface area contributed by atoms with Gasteiger partial charge in [0.05, 0.1) is 4.92 Å². The maximum atomic E-state index is 10.5. The Morgan fingerprint density at radius 2 is 2.11 bits per heavy atom. The van der Waals surface area contributed by atoms with Crippen LogP contribution in [0, 0.1) is 10.1 Å². The van der Waals surface area contributed by atoms with Crippen molar-refractivity contribution < 1.29 is 4.92 Å². The van der Waals surface area contributed by atoms with E-state index in [2.05, 4.69) is 10.3 Å². The largest absolute Gasteiger partial charge is 0.399 e. The lowest BCUT2D eigenvalue weighted by Gasteiger charge is -2.02. The Balaban J connectivity index is 1.84. The van der Waals surface area contributed by atoms with Gasteiger partial charge in [0, 0.05) is 12.2 Å². The zero-order valence-electron chi connectivity index (χ0n) is 9.50. The highest BCUT2D eigenvalue weighted by Gasteiger charge is 2.10. The van der Waals surface area contributed by atoms with E-state index in [4.69, 9.17) is 5.73 Å². The number of hydrogen-bond acceptors (Lipinski definition) is 6. The molecular formula is C11H12N4O2S. The van der Waals surface area contributed by atoms with E-state index in [1.54, 1.807) is 0 Å². The summed E-state index contributed by atoms with van der Waals surface area (Å²) in [6.07, 6.45) is 2.07. The molecule has 0 spiro atoms. The molecule has 7 heteroatoms. The van der Waals surface area contributed by atoms with Crippen molar-refractivity contribution in [3.05, 3.63) is 46.1 Å². The third kappa shape index (κ3) is 3.17. The molecule has 18 heavy (non-hydrogen) atoms. The maximum Gasteiger partial charge on any atom is 0.345 e. The number of anilines is 2. The molecule has 0 radical (unpaired) electrons. The number of rotatable bonds is 5. The molecule has 94 valence electrons. The average Bonchev–Trinajstić information content (AvgIpc) is 2.81. The Labute approximate surface area is 108 Å². The molecule has 2 aromatic rings. The van der Waals surface area contributed by atoms with Gasteiger partial charge < -0.3 is 11.1 Å². The van der Waals surface area contributed by atoms with Crippen LogP contribution in [0.25, 0.3) is 0 Å². The molecule has 0 bridgehead atoms. The summed E-state index contributed by atoms with van der Waals surface area (Å²) >= 11 is 1.04. The normalized spacial score (nSPS) is 10.2. The van der Waals surface area contributed by atoms with Gasteiger partial charge in [0.2, 0.25) is 0 Å². The summed E-state index contributed by atoms with van der Waals surface area (Å²) in [5.74, 6) is 0. The predicted molar refractivity (Wildman–Crippen MR) is 71.8 cm³/mol. The van der Waals surface area contributed by atoms with E-state index in [1.807, 2.05) is 24.3 Å². The fourth-order valence-corrected chi connectivity index (χ4v) is 2.09. The van der Waals surface area contributed by atoms with Crippen molar-refractivity contribution in [3.8, 4) is 0 Å². The summed E-state index contributed by atoms with van der Waals surface area (Å²) in [7, 11) is 0. The van der Waals surface area contributed by atoms with E-state index in [1.165, 1.54) is 6.20 Å². The van der Waals surface area contributed by atoms with E-state index in [9.17, 15) is 10.1 Å². The molecule has 1 aromatic carbocycles. The van der Waals surface area contributed by atoms with Gasteiger partial charge in [0.15, 0.2) is 5.13 Å². The predicted octanol–water partition coefficient (Wildman–Crippen LogP) is 2.29. The molecule has 6 nitrogen and oxygen atoms in total. The van der Waals surface area contributed by atoms with E-state index in [0.717, 1.165) is 29.0 Å². The molecule has 0 unspecified atom stereocenters. The van der Waals surface area contributed by atoms with Crippen LogP contribution in [-0.2, 0) is 6.42 Å². The lowest BCUT2D eigenvalue weighted by atomic mass is 10.1. The summed E-state index contributed by atoms with van der Waals surface area (Å²) < 4.78 is 0. The van der Waals surface area contributed by atoms with Crippen molar-refractivity contribution in [2.45, 2.75) is 6.42 Å². The Morgan fingerprint density at radius 3 is 2.72 bits per heavy atom. The molecule has 3 N–H and O–H groups in total. The molecule has 2 rings (SSSR count). The van der Waals surface area contributed by atoms with Gasteiger partial charge in [-0.25, -0.2) is 4.98 Å². The molecule has 1 aromatic heterocycles. The van der Waals surface area contributed by atoms with Crippen molar-refractivity contribution >= 4 is 27.2 Å². The highest BCUT2D eigenvalue weighted by Crippen LogP contribution is 2.24. The highest BCUT2D eigenvalue weighted by molar-refractivity contribution is 7.18. The fraction of sp³-hybridized carbons (Fsp3) is 0.182. The minimum Gasteiger partial charge on any atom is -0.399 e. The topological polar surface area (TPSA) is 94.1 Å². The smallest absolute Gasteiger partial charge is 0.345 e. The van der Waals surface area contributed by atoms with Gasteiger partial charge in [0.25, 0.3) is 0 Å². The van der Waals surface area contributed by atoms with Crippen molar-refractivity contribution in [2.24, 2.45) is 0 Å². The first kappa shape index (κ1) is 12.3. The number of nitrogens with one attached hydrogen (secondary N) is 1. The van der Waals surface area contributed by atoms with Crippen LogP contribution in [0.5, 0.6) is 0 Å². The van der Waals surface area contributed by atoms with Gasteiger partial charge >= 0.3 is 5.00 Å². The van der Waals surface area contributed by atoms with E-state index >= 15 is 0 Å². The van der Waals surface area contributed by atoms with Crippen LogP contribution in [0.2, 0.25) is 0 Å². The van der Waals surface area contributed by atoms with Crippen molar-refractivity contribution in [3.63, 3.8) is 0 Å². The van der Waals surface area contributed by atoms with Crippen LogP contribution in [-0.4, -0.2) is 16.5 Å². The molecule has 0 amide bonds. The molecule has 0 aliphatic rings. The standard InChI is InChI=1S/C11H12N4O2S/c12-9-3-1-8(2-4-9)5-6-13-11-14-7-10(18-11)15(16)17/h1-4,7H,5-6,12H2,(H,13,14). The van der Waals surface area contributed by atoms with Crippen LogP contribution in [0.15, 0.2) is 30.5 Å². The van der Waals surface area contributed by atoms with Gasteiger partial charge in [-0.1, -0.05) is 12.1 Å². The number of benzene rings is 1. The average molecular weight is 264 g/mol. The first-order valence-electron chi connectivity index (χ1n) is 5.33. The third-order valence-electron chi connectivity index (χ3n) is 2.34. The Morgan fingerprint density at radius 1 is 1.39 bits per heavy atom. The van der Waals surface area contributed by atoms with Gasteiger partial charge in [-0.15, -0.1) is 0 Å². The van der Waals surface area contributed by atoms with E-state index in [-0.39, 0.29) is 5.00 Å². The minimum atomic E-state index is -0.442. The molecule has 0 atom stereocenters. The van der Waals surface area contributed by atoms with Gasteiger partial charge in [-0.05, 0) is 35.5 Å². The van der Waals surface area contributed by atoms with Gasteiger partial charge in [0.1, 0.15) is 6.20 Å². The van der Waals surface area contributed by atoms with Crippen molar-refractivity contribution in [1.82, 2.24) is 4.98 Å². The quantitative estimate of drug-likeness (QED) is 0.491. The summed E-state index contributed by atoms with van der Waals surface area (Å²) in [5, 5.41) is 14.1. The second-order valence-corrected chi connectivity index (χ2v) is 4.69. The number of nitro groups is 1.